The van der Waals surface area contributed by atoms with Crippen molar-refractivity contribution in [3.05, 3.63) is 83.2 Å². The fourth-order valence-electron chi connectivity index (χ4n) is 4.02. The third-order valence-electron chi connectivity index (χ3n) is 5.53. The molecule has 0 aliphatic heterocycles. The Bertz CT molecular complexity index is 1210. The van der Waals surface area contributed by atoms with E-state index in [2.05, 4.69) is 4.98 Å². The summed E-state index contributed by atoms with van der Waals surface area (Å²) in [6.07, 6.45) is 0. The Morgan fingerprint density at radius 1 is 0.636 bits per heavy atom. The van der Waals surface area contributed by atoms with Crippen LogP contribution in [0.5, 0.6) is 0 Å². The summed E-state index contributed by atoms with van der Waals surface area (Å²) in [7, 11) is -8.59. The summed E-state index contributed by atoms with van der Waals surface area (Å²) in [5.74, 6) is -0.574. The number of rotatable bonds is 8. The Morgan fingerprint density at radius 3 is 1.18 bits per heavy atom. The van der Waals surface area contributed by atoms with Crippen LogP contribution in [0, 0.1) is 0 Å². The minimum absolute atomic E-state index is 0.202. The molecule has 2 aromatic carbocycles. The van der Waals surface area contributed by atoms with E-state index in [4.69, 9.17) is 11.5 Å². The number of aromatic nitrogens is 1. The number of hydrogen-bond donors (Lipinski definition) is 5. The quantitative estimate of drug-likeness (QED) is 0.297. The fraction of sp³-hybridized carbons (Fsp3) is 0.273. The summed E-state index contributed by atoms with van der Waals surface area (Å²) in [6.45, 7) is 3.66. The summed E-state index contributed by atoms with van der Waals surface area (Å²) < 4.78 is 63.8. The van der Waals surface area contributed by atoms with Crippen molar-refractivity contribution in [1.29, 1.82) is 0 Å². The van der Waals surface area contributed by atoms with E-state index >= 15 is 0 Å². The second-order valence-corrected chi connectivity index (χ2v) is 11.0. The molecule has 9 nitrogen and oxygen atoms in total. The number of benzene rings is 2. The minimum atomic E-state index is -4.30. The SMILES string of the molecule is CC(N)C(c1ccc(S(=O)(=O)O)cc1)c1ccc(C(c2ccc(S(=O)(=O)O)cc2)C(C)N)[nH]1. The highest BCUT2D eigenvalue weighted by atomic mass is 32.2. The molecule has 0 radical (unpaired) electrons. The highest BCUT2D eigenvalue weighted by molar-refractivity contribution is 7.86. The van der Waals surface area contributed by atoms with Gasteiger partial charge in [0, 0.05) is 35.3 Å². The van der Waals surface area contributed by atoms with Crippen LogP contribution < -0.4 is 11.5 Å². The van der Waals surface area contributed by atoms with Gasteiger partial charge in [0.2, 0.25) is 0 Å². The lowest BCUT2D eigenvalue weighted by Crippen LogP contribution is -2.27. The third-order valence-corrected chi connectivity index (χ3v) is 7.26. The average Bonchev–Trinajstić information content (AvgIpc) is 3.16. The van der Waals surface area contributed by atoms with Gasteiger partial charge in [0.05, 0.1) is 9.79 Å². The van der Waals surface area contributed by atoms with E-state index in [9.17, 15) is 25.9 Å². The van der Waals surface area contributed by atoms with E-state index in [1.165, 1.54) is 24.3 Å². The van der Waals surface area contributed by atoms with Gasteiger partial charge in [0.1, 0.15) is 0 Å². The zero-order valence-corrected chi connectivity index (χ0v) is 19.7. The first-order valence-corrected chi connectivity index (χ1v) is 13.0. The molecule has 0 fully saturated rings. The van der Waals surface area contributed by atoms with Gasteiger partial charge in [-0.3, -0.25) is 9.11 Å². The van der Waals surface area contributed by atoms with E-state index in [1.807, 2.05) is 26.0 Å². The van der Waals surface area contributed by atoms with Crippen molar-refractivity contribution in [2.24, 2.45) is 11.5 Å². The lowest BCUT2D eigenvalue weighted by Gasteiger charge is -2.23. The molecule has 0 aliphatic carbocycles. The van der Waals surface area contributed by atoms with Crippen molar-refractivity contribution in [3.63, 3.8) is 0 Å². The normalized spacial score (nSPS) is 16.2. The van der Waals surface area contributed by atoms with Crippen molar-refractivity contribution in [2.75, 3.05) is 0 Å². The van der Waals surface area contributed by atoms with Crippen molar-refractivity contribution in [3.8, 4) is 0 Å². The van der Waals surface area contributed by atoms with Crippen LogP contribution in [0.25, 0.3) is 0 Å². The third kappa shape index (κ3) is 5.69. The number of nitrogens with two attached hydrogens (primary N) is 2. The van der Waals surface area contributed by atoms with Gasteiger partial charge in [-0.25, -0.2) is 0 Å². The number of H-pyrrole nitrogens is 1. The van der Waals surface area contributed by atoms with E-state index in [0.717, 1.165) is 22.5 Å². The zero-order valence-electron chi connectivity index (χ0n) is 18.1. The Hall–Kier alpha value is -2.54. The molecule has 7 N–H and O–H groups in total. The average molecular weight is 494 g/mol. The highest BCUT2D eigenvalue weighted by Gasteiger charge is 2.25. The second-order valence-electron chi connectivity index (χ2n) is 8.13. The molecule has 1 aromatic heterocycles. The van der Waals surface area contributed by atoms with Crippen LogP contribution >= 0.6 is 0 Å². The molecule has 0 bridgehead atoms. The van der Waals surface area contributed by atoms with Crippen LogP contribution in [-0.4, -0.2) is 43.0 Å². The Kier molecular flexibility index (Phi) is 7.13. The summed E-state index contributed by atoms with van der Waals surface area (Å²) in [4.78, 5) is 2.96. The topological polar surface area (TPSA) is 177 Å². The maximum absolute atomic E-state index is 11.3. The monoisotopic (exact) mass is 493 g/mol. The van der Waals surface area contributed by atoms with Gasteiger partial charge in [-0.1, -0.05) is 24.3 Å². The van der Waals surface area contributed by atoms with Gasteiger partial charge < -0.3 is 16.5 Å². The molecule has 0 amide bonds. The van der Waals surface area contributed by atoms with E-state index < -0.39 is 20.2 Å². The molecule has 4 unspecified atom stereocenters. The van der Waals surface area contributed by atoms with Crippen LogP contribution in [0.2, 0.25) is 0 Å². The molecule has 0 spiro atoms. The predicted molar refractivity (Wildman–Crippen MR) is 124 cm³/mol. The van der Waals surface area contributed by atoms with Crippen LogP contribution in [0.1, 0.15) is 48.2 Å². The molecular formula is C22H27N3O6S2. The van der Waals surface area contributed by atoms with Crippen molar-refractivity contribution in [2.45, 2.75) is 47.6 Å². The van der Waals surface area contributed by atoms with E-state index in [1.54, 1.807) is 24.3 Å². The first kappa shape index (κ1) is 25.1. The zero-order chi connectivity index (χ0) is 24.6. The highest BCUT2D eigenvalue weighted by Crippen LogP contribution is 2.32. The standard InChI is InChI=1S/C22H27N3O6S2/c1-13(23)21(15-3-7-17(8-4-15)32(26,27)28)19-11-12-20(25-19)22(14(2)24)16-5-9-18(10-6-16)33(29,30)31/h3-14,21-22,25H,23-24H2,1-2H3,(H,26,27,28)(H,29,30,31). The van der Waals surface area contributed by atoms with Crippen LogP contribution in [0.3, 0.4) is 0 Å². The number of hydrogen-bond acceptors (Lipinski definition) is 6. The molecule has 4 atom stereocenters. The van der Waals surface area contributed by atoms with E-state index in [0.29, 0.717) is 0 Å². The maximum Gasteiger partial charge on any atom is 0.294 e. The molecule has 1 heterocycles. The van der Waals surface area contributed by atoms with Gasteiger partial charge >= 0.3 is 0 Å². The molecule has 33 heavy (non-hydrogen) atoms. The van der Waals surface area contributed by atoms with Gasteiger partial charge in [-0.15, -0.1) is 0 Å². The van der Waals surface area contributed by atoms with Gasteiger partial charge in [0.25, 0.3) is 20.2 Å². The summed E-state index contributed by atoms with van der Waals surface area (Å²) in [6, 6.07) is 14.8. The Morgan fingerprint density at radius 2 is 0.939 bits per heavy atom. The van der Waals surface area contributed by atoms with E-state index in [-0.39, 0.29) is 33.7 Å². The first-order chi connectivity index (χ1) is 15.3. The second kappa shape index (κ2) is 9.37. The Balaban J connectivity index is 1.97. The number of nitrogens with one attached hydrogen (secondary N) is 1. The smallest absolute Gasteiger partial charge is 0.294 e. The minimum Gasteiger partial charge on any atom is -0.361 e. The number of aromatic amines is 1. The Labute approximate surface area is 193 Å². The van der Waals surface area contributed by atoms with Crippen LogP contribution in [-0.2, 0) is 20.2 Å². The van der Waals surface area contributed by atoms with Gasteiger partial charge in [-0.05, 0) is 61.4 Å². The van der Waals surface area contributed by atoms with Crippen molar-refractivity contribution in [1.82, 2.24) is 4.98 Å². The summed E-state index contributed by atoms with van der Waals surface area (Å²) in [5.41, 5.74) is 15.6. The molecule has 0 aliphatic rings. The van der Waals surface area contributed by atoms with Crippen molar-refractivity contribution >= 4 is 20.2 Å². The molecule has 0 saturated heterocycles. The molecule has 3 aromatic rings. The van der Waals surface area contributed by atoms with Gasteiger partial charge in [-0.2, -0.15) is 16.8 Å². The van der Waals surface area contributed by atoms with Gasteiger partial charge in [0.15, 0.2) is 0 Å². The lowest BCUT2D eigenvalue weighted by molar-refractivity contribution is 0.481. The van der Waals surface area contributed by atoms with Crippen LogP contribution in [0.15, 0.2) is 70.5 Å². The molecular weight excluding hydrogens is 466 g/mol. The molecule has 3 rings (SSSR count). The lowest BCUT2D eigenvalue weighted by atomic mass is 9.90. The predicted octanol–water partition coefficient (Wildman–Crippen LogP) is 2.47. The first-order valence-electron chi connectivity index (χ1n) is 10.1. The van der Waals surface area contributed by atoms with Crippen LogP contribution in [0.4, 0.5) is 0 Å². The maximum atomic E-state index is 11.3. The molecule has 0 saturated carbocycles. The fourth-order valence-corrected chi connectivity index (χ4v) is 4.98. The summed E-state index contributed by atoms with van der Waals surface area (Å²) in [5, 5.41) is 0. The molecule has 178 valence electrons. The van der Waals surface area contributed by atoms with Crippen molar-refractivity contribution < 1.29 is 25.9 Å². The molecule has 11 heteroatoms. The summed E-state index contributed by atoms with van der Waals surface area (Å²) >= 11 is 0. The largest absolute Gasteiger partial charge is 0.361 e.